The number of alkyl halides is 3. The number of nitrogens with zero attached hydrogens (tertiary/aromatic N) is 2. The van der Waals surface area contributed by atoms with Crippen LogP contribution < -0.4 is 0 Å². The summed E-state index contributed by atoms with van der Waals surface area (Å²) in [7, 11) is 0. The Labute approximate surface area is 136 Å². The van der Waals surface area contributed by atoms with Crippen LogP contribution >= 0.6 is 0 Å². The van der Waals surface area contributed by atoms with Gasteiger partial charge in [0.05, 0.1) is 12.3 Å². The molecule has 1 aliphatic heterocycles. The molecule has 0 aliphatic carbocycles. The van der Waals surface area contributed by atoms with Gasteiger partial charge in [0, 0.05) is 18.3 Å². The molecule has 132 valence electrons. The fraction of sp³-hybridized carbons (Fsp3) is 0.533. The van der Waals surface area contributed by atoms with Crippen LogP contribution in [-0.4, -0.2) is 45.3 Å². The molecule has 2 rings (SSSR count). The maximum Gasteiger partial charge on any atom is 0.418 e. The molecule has 0 fully saturated rings. The summed E-state index contributed by atoms with van der Waals surface area (Å²) in [6, 6.07) is 4.27. The first-order valence-corrected chi connectivity index (χ1v) is 7.21. The third-order valence-corrected chi connectivity index (χ3v) is 3.86. The van der Waals surface area contributed by atoms with Crippen molar-refractivity contribution in [2.45, 2.75) is 37.8 Å². The zero-order valence-corrected chi connectivity index (χ0v) is 13.0. The van der Waals surface area contributed by atoms with Crippen LogP contribution in [0.5, 0.6) is 0 Å². The molecule has 0 saturated heterocycles. The molecule has 2 heterocycles. The summed E-state index contributed by atoms with van der Waals surface area (Å²) in [6.45, 7) is 2.41. The highest BCUT2D eigenvalue weighted by Crippen LogP contribution is 2.48. The number of aliphatic hydroxyl groups is 2. The zero-order chi connectivity index (χ0) is 18.2. The number of carbonyl (C=O) groups is 1. The number of carbonyl (C=O) groups excluding carboxylic acids is 1. The van der Waals surface area contributed by atoms with E-state index < -0.39 is 35.8 Å². The quantitative estimate of drug-likeness (QED) is 0.811. The number of hydrogen-bond acceptors (Lipinski definition) is 6. The number of aliphatic imine (C=N–C) groups is 1. The summed E-state index contributed by atoms with van der Waals surface area (Å²) >= 11 is 0. The van der Waals surface area contributed by atoms with Crippen LogP contribution in [0.2, 0.25) is 0 Å². The van der Waals surface area contributed by atoms with Gasteiger partial charge >= 0.3 is 12.1 Å². The molecule has 3 unspecified atom stereocenters. The molecule has 1 aromatic rings. The second-order valence-corrected chi connectivity index (χ2v) is 5.57. The Morgan fingerprint density at radius 1 is 1.42 bits per heavy atom. The minimum absolute atomic E-state index is 0.152. The number of halogens is 3. The third kappa shape index (κ3) is 3.01. The summed E-state index contributed by atoms with van der Waals surface area (Å²) in [5, 5.41) is 20.9. The Bertz CT molecular complexity index is 650. The van der Waals surface area contributed by atoms with E-state index in [1.165, 1.54) is 31.3 Å². The number of rotatable bonds is 3. The average molecular weight is 346 g/mol. The number of hydrogen-bond donors (Lipinski definition) is 2. The van der Waals surface area contributed by atoms with Gasteiger partial charge in [-0.25, -0.2) is 0 Å². The van der Waals surface area contributed by atoms with Crippen molar-refractivity contribution in [3.63, 3.8) is 0 Å². The van der Waals surface area contributed by atoms with Gasteiger partial charge in [-0.1, -0.05) is 6.07 Å². The molecule has 3 atom stereocenters. The zero-order valence-electron chi connectivity index (χ0n) is 13.0. The Morgan fingerprint density at radius 2 is 2.08 bits per heavy atom. The fourth-order valence-electron chi connectivity index (χ4n) is 2.82. The number of pyridine rings is 1. The standard InChI is InChI=1S/C15H17F3N2O4/c1-3-24-12(21)11-9(2)20-14(23,10-6-4-5-7-19-10)8-13(11,22)15(16,17)18/h4-7,11,22-23H,3,8H2,1-2H3. The molecule has 9 heteroatoms. The van der Waals surface area contributed by atoms with E-state index in [1.54, 1.807) is 0 Å². The molecular weight excluding hydrogens is 329 g/mol. The van der Waals surface area contributed by atoms with Crippen molar-refractivity contribution in [1.82, 2.24) is 4.98 Å². The van der Waals surface area contributed by atoms with Crippen molar-refractivity contribution in [3.8, 4) is 0 Å². The summed E-state index contributed by atoms with van der Waals surface area (Å²) in [5.74, 6) is -3.30. The van der Waals surface area contributed by atoms with Crippen LogP contribution in [0.25, 0.3) is 0 Å². The van der Waals surface area contributed by atoms with Crippen molar-refractivity contribution >= 4 is 11.7 Å². The van der Waals surface area contributed by atoms with Crippen molar-refractivity contribution in [3.05, 3.63) is 30.1 Å². The van der Waals surface area contributed by atoms with Gasteiger partial charge < -0.3 is 14.9 Å². The Morgan fingerprint density at radius 3 is 2.58 bits per heavy atom. The number of esters is 1. The molecule has 1 aromatic heterocycles. The molecule has 0 radical (unpaired) electrons. The first-order chi connectivity index (χ1) is 11.0. The fourth-order valence-corrected chi connectivity index (χ4v) is 2.82. The molecule has 0 spiro atoms. The lowest BCUT2D eigenvalue weighted by Crippen LogP contribution is -2.62. The van der Waals surface area contributed by atoms with E-state index in [-0.39, 0.29) is 18.0 Å². The van der Waals surface area contributed by atoms with Crippen LogP contribution in [0.15, 0.2) is 29.4 Å². The van der Waals surface area contributed by atoms with Crippen LogP contribution in [-0.2, 0) is 15.3 Å². The van der Waals surface area contributed by atoms with E-state index in [0.717, 1.165) is 6.92 Å². The maximum absolute atomic E-state index is 13.6. The highest BCUT2D eigenvalue weighted by molar-refractivity contribution is 6.03. The molecule has 0 saturated carbocycles. The molecular formula is C15H17F3N2O4. The third-order valence-electron chi connectivity index (χ3n) is 3.86. The number of ether oxygens (including phenoxy) is 1. The van der Waals surface area contributed by atoms with Gasteiger partial charge in [-0.2, -0.15) is 13.2 Å². The van der Waals surface area contributed by atoms with Crippen molar-refractivity contribution < 1.29 is 32.9 Å². The molecule has 24 heavy (non-hydrogen) atoms. The first kappa shape index (κ1) is 18.3. The summed E-state index contributed by atoms with van der Waals surface area (Å²) < 4.78 is 45.3. The smallest absolute Gasteiger partial charge is 0.418 e. The minimum atomic E-state index is -5.19. The lowest BCUT2D eigenvalue weighted by molar-refractivity contribution is -0.290. The second kappa shape index (κ2) is 6.14. The van der Waals surface area contributed by atoms with Crippen molar-refractivity contribution in [2.24, 2.45) is 10.9 Å². The largest absolute Gasteiger partial charge is 0.465 e. The highest BCUT2D eigenvalue weighted by atomic mass is 19.4. The Balaban J connectivity index is 2.59. The van der Waals surface area contributed by atoms with E-state index >= 15 is 0 Å². The monoisotopic (exact) mass is 346 g/mol. The van der Waals surface area contributed by atoms with Crippen molar-refractivity contribution in [2.75, 3.05) is 6.61 Å². The topological polar surface area (TPSA) is 92.0 Å². The molecule has 0 aromatic carbocycles. The lowest BCUT2D eigenvalue weighted by atomic mass is 9.74. The van der Waals surface area contributed by atoms with Gasteiger partial charge in [0.25, 0.3) is 0 Å². The van der Waals surface area contributed by atoms with Gasteiger partial charge in [-0.3, -0.25) is 14.8 Å². The normalized spacial score (nSPS) is 30.6. The minimum Gasteiger partial charge on any atom is -0.465 e. The average Bonchev–Trinajstić information content (AvgIpc) is 2.46. The van der Waals surface area contributed by atoms with E-state index in [0.29, 0.717) is 0 Å². The van der Waals surface area contributed by atoms with Gasteiger partial charge in [0.2, 0.25) is 5.72 Å². The highest BCUT2D eigenvalue weighted by Gasteiger charge is 2.67. The maximum atomic E-state index is 13.6. The van der Waals surface area contributed by atoms with Gasteiger partial charge in [0.1, 0.15) is 5.92 Å². The molecule has 0 amide bonds. The van der Waals surface area contributed by atoms with Gasteiger partial charge in [-0.15, -0.1) is 0 Å². The van der Waals surface area contributed by atoms with Crippen molar-refractivity contribution in [1.29, 1.82) is 0 Å². The van der Waals surface area contributed by atoms with Crippen LogP contribution in [0, 0.1) is 5.92 Å². The Kier molecular flexibility index (Phi) is 4.69. The Hall–Kier alpha value is -2.00. The van der Waals surface area contributed by atoms with E-state index in [9.17, 15) is 28.2 Å². The van der Waals surface area contributed by atoms with E-state index in [2.05, 4.69) is 14.7 Å². The predicted octanol–water partition coefficient (Wildman–Crippen LogP) is 1.56. The second-order valence-electron chi connectivity index (χ2n) is 5.57. The SMILES string of the molecule is CCOC(=O)C1C(C)=NC(O)(c2ccccn2)CC1(O)C(F)(F)F. The lowest BCUT2D eigenvalue weighted by Gasteiger charge is -2.44. The summed E-state index contributed by atoms with van der Waals surface area (Å²) in [6.07, 6.45) is -5.17. The molecule has 0 bridgehead atoms. The first-order valence-electron chi connectivity index (χ1n) is 7.21. The van der Waals surface area contributed by atoms with Gasteiger partial charge in [-0.05, 0) is 26.0 Å². The van der Waals surface area contributed by atoms with E-state index in [4.69, 9.17) is 0 Å². The summed E-state index contributed by atoms with van der Waals surface area (Å²) in [5.41, 5.74) is -6.47. The van der Waals surface area contributed by atoms with E-state index in [1.807, 2.05) is 0 Å². The number of aromatic nitrogens is 1. The van der Waals surface area contributed by atoms with Crippen LogP contribution in [0.3, 0.4) is 0 Å². The predicted molar refractivity (Wildman–Crippen MR) is 77.0 cm³/mol. The molecule has 6 nitrogen and oxygen atoms in total. The molecule has 1 aliphatic rings. The van der Waals surface area contributed by atoms with Gasteiger partial charge in [0.15, 0.2) is 5.60 Å². The summed E-state index contributed by atoms with van der Waals surface area (Å²) in [4.78, 5) is 19.6. The van der Waals surface area contributed by atoms with Crippen LogP contribution in [0.4, 0.5) is 13.2 Å². The van der Waals surface area contributed by atoms with Crippen LogP contribution in [0.1, 0.15) is 26.0 Å². The molecule has 2 N–H and O–H groups in total.